The Hall–Kier alpha value is -1.27. The van der Waals surface area contributed by atoms with E-state index in [9.17, 15) is 9.90 Å². The Morgan fingerprint density at radius 2 is 2.11 bits per heavy atom. The van der Waals surface area contributed by atoms with Crippen LogP contribution >= 0.6 is 15.9 Å². The molecular formula is C12H18BrN3O2. The topological polar surface area (TPSA) is 64.6 Å². The van der Waals surface area contributed by atoms with Gasteiger partial charge in [0.1, 0.15) is 5.75 Å². The number of nitrogens with one attached hydrogen (secondary N) is 2. The molecule has 0 atom stereocenters. The van der Waals surface area contributed by atoms with E-state index >= 15 is 0 Å². The highest BCUT2D eigenvalue weighted by Gasteiger charge is 2.04. The molecule has 0 unspecified atom stereocenters. The SMILES string of the molecule is CN(C)C(=O)NCCNCc1cccc(Br)c1O. The second-order valence-corrected chi connectivity index (χ2v) is 4.91. The van der Waals surface area contributed by atoms with Crippen LogP contribution in [0.25, 0.3) is 0 Å². The first-order chi connectivity index (χ1) is 8.52. The summed E-state index contributed by atoms with van der Waals surface area (Å²) >= 11 is 3.26. The maximum atomic E-state index is 11.2. The number of nitrogens with zero attached hydrogens (tertiary/aromatic N) is 1. The number of para-hydroxylation sites is 1. The minimum Gasteiger partial charge on any atom is -0.506 e. The summed E-state index contributed by atoms with van der Waals surface area (Å²) in [6.07, 6.45) is 0. The maximum absolute atomic E-state index is 11.2. The van der Waals surface area contributed by atoms with Gasteiger partial charge < -0.3 is 20.6 Å². The van der Waals surface area contributed by atoms with E-state index in [4.69, 9.17) is 0 Å². The predicted molar refractivity (Wildman–Crippen MR) is 74.6 cm³/mol. The maximum Gasteiger partial charge on any atom is 0.316 e. The molecule has 1 aromatic rings. The standard InChI is InChI=1S/C12H18BrN3O2/c1-16(2)12(18)15-7-6-14-8-9-4-3-5-10(13)11(9)17/h3-5,14,17H,6-8H2,1-2H3,(H,15,18). The van der Waals surface area contributed by atoms with Crippen LogP contribution in [0, 0.1) is 0 Å². The van der Waals surface area contributed by atoms with Gasteiger partial charge in [-0.15, -0.1) is 0 Å². The van der Waals surface area contributed by atoms with E-state index in [1.54, 1.807) is 20.2 Å². The van der Waals surface area contributed by atoms with E-state index in [-0.39, 0.29) is 11.8 Å². The van der Waals surface area contributed by atoms with Gasteiger partial charge in [0.2, 0.25) is 0 Å². The number of rotatable bonds is 5. The molecule has 0 spiro atoms. The Kier molecular flexibility index (Phi) is 5.94. The fourth-order valence-corrected chi connectivity index (χ4v) is 1.75. The molecule has 18 heavy (non-hydrogen) atoms. The number of urea groups is 1. The molecule has 3 N–H and O–H groups in total. The van der Waals surface area contributed by atoms with Crippen LogP contribution in [0.15, 0.2) is 22.7 Å². The van der Waals surface area contributed by atoms with Crippen molar-refractivity contribution < 1.29 is 9.90 Å². The van der Waals surface area contributed by atoms with Crippen LogP contribution < -0.4 is 10.6 Å². The minimum atomic E-state index is -0.109. The van der Waals surface area contributed by atoms with Crippen LogP contribution in [0.4, 0.5) is 4.79 Å². The molecular weight excluding hydrogens is 298 g/mol. The molecule has 5 nitrogen and oxygen atoms in total. The van der Waals surface area contributed by atoms with Crippen LogP contribution in [0.3, 0.4) is 0 Å². The van der Waals surface area contributed by atoms with Crippen molar-refractivity contribution in [2.45, 2.75) is 6.54 Å². The monoisotopic (exact) mass is 315 g/mol. The number of carbonyl (C=O) groups excluding carboxylic acids is 1. The molecule has 0 aliphatic carbocycles. The number of phenolic OH excluding ortho intramolecular Hbond substituents is 1. The number of aromatic hydroxyl groups is 1. The van der Waals surface area contributed by atoms with Crippen molar-refractivity contribution in [3.05, 3.63) is 28.2 Å². The second kappa shape index (κ2) is 7.23. The Morgan fingerprint density at radius 3 is 2.78 bits per heavy atom. The summed E-state index contributed by atoms with van der Waals surface area (Å²) in [5, 5.41) is 15.6. The third-order valence-corrected chi connectivity index (χ3v) is 3.01. The summed E-state index contributed by atoms with van der Waals surface area (Å²) in [7, 11) is 3.39. The lowest BCUT2D eigenvalue weighted by Gasteiger charge is -2.12. The zero-order valence-electron chi connectivity index (χ0n) is 10.5. The van der Waals surface area contributed by atoms with Crippen molar-refractivity contribution in [3.63, 3.8) is 0 Å². The van der Waals surface area contributed by atoms with E-state index in [0.29, 0.717) is 24.1 Å². The minimum absolute atomic E-state index is 0.109. The fraction of sp³-hybridized carbons (Fsp3) is 0.417. The van der Waals surface area contributed by atoms with Crippen LogP contribution in [0.2, 0.25) is 0 Å². The molecule has 100 valence electrons. The third-order valence-electron chi connectivity index (χ3n) is 2.37. The van der Waals surface area contributed by atoms with Gasteiger partial charge in [0.15, 0.2) is 0 Å². The number of amides is 2. The lowest BCUT2D eigenvalue weighted by molar-refractivity contribution is 0.217. The number of phenols is 1. The molecule has 0 saturated heterocycles. The molecule has 2 amide bonds. The first kappa shape index (κ1) is 14.8. The summed E-state index contributed by atoms with van der Waals surface area (Å²) in [4.78, 5) is 12.7. The summed E-state index contributed by atoms with van der Waals surface area (Å²) in [5.74, 6) is 0.252. The van der Waals surface area contributed by atoms with Gasteiger partial charge in [-0.1, -0.05) is 12.1 Å². The molecule has 0 bridgehead atoms. The first-order valence-corrected chi connectivity index (χ1v) is 6.44. The average Bonchev–Trinajstić information content (AvgIpc) is 2.33. The van der Waals surface area contributed by atoms with Crippen LogP contribution in [0.1, 0.15) is 5.56 Å². The molecule has 0 heterocycles. The number of benzene rings is 1. The Balaban J connectivity index is 2.26. The third kappa shape index (κ3) is 4.54. The molecule has 0 aromatic heterocycles. The van der Waals surface area contributed by atoms with Crippen LogP contribution in [-0.4, -0.2) is 43.2 Å². The molecule has 1 rings (SSSR count). The predicted octanol–water partition coefficient (Wildman–Crippen LogP) is 1.52. The quantitative estimate of drug-likeness (QED) is 0.722. The van der Waals surface area contributed by atoms with Crippen molar-refractivity contribution in [2.75, 3.05) is 27.2 Å². The number of hydrogen-bond acceptors (Lipinski definition) is 3. The van der Waals surface area contributed by atoms with Gasteiger partial charge in [-0.2, -0.15) is 0 Å². The van der Waals surface area contributed by atoms with Gasteiger partial charge in [-0.3, -0.25) is 0 Å². The van der Waals surface area contributed by atoms with Crippen molar-refractivity contribution >= 4 is 22.0 Å². The number of halogens is 1. The summed E-state index contributed by atoms with van der Waals surface area (Å²) in [5.41, 5.74) is 0.823. The van der Waals surface area contributed by atoms with Gasteiger partial charge in [-0.25, -0.2) is 4.79 Å². The number of carbonyl (C=O) groups is 1. The average molecular weight is 316 g/mol. The van der Waals surface area contributed by atoms with Crippen molar-refractivity contribution in [2.24, 2.45) is 0 Å². The second-order valence-electron chi connectivity index (χ2n) is 4.05. The molecule has 0 aliphatic rings. The van der Waals surface area contributed by atoms with E-state index in [1.807, 2.05) is 12.1 Å². The van der Waals surface area contributed by atoms with Crippen molar-refractivity contribution in [3.8, 4) is 5.75 Å². The van der Waals surface area contributed by atoms with Gasteiger partial charge in [-0.05, 0) is 22.0 Å². The highest BCUT2D eigenvalue weighted by atomic mass is 79.9. The van der Waals surface area contributed by atoms with Crippen molar-refractivity contribution in [1.29, 1.82) is 0 Å². The van der Waals surface area contributed by atoms with Crippen LogP contribution in [0.5, 0.6) is 5.75 Å². The number of hydrogen-bond donors (Lipinski definition) is 3. The molecule has 0 aliphatic heterocycles. The van der Waals surface area contributed by atoms with Gasteiger partial charge in [0, 0.05) is 39.3 Å². The molecule has 0 fully saturated rings. The Bertz CT molecular complexity index is 410. The highest BCUT2D eigenvalue weighted by Crippen LogP contribution is 2.26. The van der Waals surface area contributed by atoms with E-state index in [1.165, 1.54) is 4.90 Å². The normalized spacial score (nSPS) is 10.2. The smallest absolute Gasteiger partial charge is 0.316 e. The zero-order chi connectivity index (χ0) is 13.5. The Labute approximate surface area is 115 Å². The van der Waals surface area contributed by atoms with Crippen LogP contribution in [-0.2, 0) is 6.54 Å². The summed E-state index contributed by atoms with van der Waals surface area (Å²) in [6, 6.07) is 5.40. The van der Waals surface area contributed by atoms with E-state index in [0.717, 1.165) is 5.56 Å². The van der Waals surface area contributed by atoms with E-state index in [2.05, 4.69) is 26.6 Å². The van der Waals surface area contributed by atoms with Crippen molar-refractivity contribution in [1.82, 2.24) is 15.5 Å². The zero-order valence-corrected chi connectivity index (χ0v) is 12.1. The van der Waals surface area contributed by atoms with Gasteiger partial charge in [0.05, 0.1) is 4.47 Å². The van der Waals surface area contributed by atoms with Gasteiger partial charge >= 0.3 is 6.03 Å². The first-order valence-electron chi connectivity index (χ1n) is 5.64. The Morgan fingerprint density at radius 1 is 1.39 bits per heavy atom. The molecule has 0 saturated carbocycles. The molecule has 1 aromatic carbocycles. The molecule has 6 heteroatoms. The van der Waals surface area contributed by atoms with Gasteiger partial charge in [0.25, 0.3) is 0 Å². The lowest BCUT2D eigenvalue weighted by atomic mass is 10.2. The molecule has 0 radical (unpaired) electrons. The van der Waals surface area contributed by atoms with E-state index < -0.39 is 0 Å². The largest absolute Gasteiger partial charge is 0.506 e. The fourth-order valence-electron chi connectivity index (χ4n) is 1.34. The highest BCUT2D eigenvalue weighted by molar-refractivity contribution is 9.10. The summed E-state index contributed by atoms with van der Waals surface area (Å²) in [6.45, 7) is 1.75. The lowest BCUT2D eigenvalue weighted by Crippen LogP contribution is -2.38. The summed E-state index contributed by atoms with van der Waals surface area (Å²) < 4.78 is 0.683.